The van der Waals surface area contributed by atoms with Crippen LogP contribution in [0.3, 0.4) is 0 Å². The third kappa shape index (κ3) is 2.50. The van der Waals surface area contributed by atoms with Crippen LogP contribution < -0.4 is 5.32 Å². The second kappa shape index (κ2) is 5.54. The molecule has 1 aliphatic rings. The van der Waals surface area contributed by atoms with E-state index in [1.165, 1.54) is 16.5 Å². The van der Waals surface area contributed by atoms with Gasteiger partial charge in [-0.25, -0.2) is 0 Å². The Morgan fingerprint density at radius 1 is 1.22 bits per heavy atom. The van der Waals surface area contributed by atoms with Gasteiger partial charge < -0.3 is 5.32 Å². The minimum atomic E-state index is -0.0501. The largest absolute Gasteiger partial charge is 0.356 e. The molecule has 1 fully saturated rings. The third-order valence-electron chi connectivity index (χ3n) is 4.63. The molecule has 4 nitrogen and oxygen atoms in total. The summed E-state index contributed by atoms with van der Waals surface area (Å²) >= 11 is 0. The van der Waals surface area contributed by atoms with Crippen molar-refractivity contribution in [3.05, 3.63) is 64.8 Å². The average Bonchev–Trinajstić information content (AvgIpc) is 3.14. The number of carbonyl (C=O) groups is 1. The van der Waals surface area contributed by atoms with E-state index in [4.69, 9.17) is 0 Å². The fraction of sp³-hybridized carbons (Fsp3) is 0.263. The number of rotatable bonds is 3. The molecule has 2 heterocycles. The minimum Gasteiger partial charge on any atom is -0.356 e. The van der Waals surface area contributed by atoms with Crippen LogP contribution >= 0.6 is 0 Å². The van der Waals surface area contributed by atoms with E-state index in [1.54, 1.807) is 0 Å². The second-order valence-electron chi connectivity index (χ2n) is 6.22. The fourth-order valence-electron chi connectivity index (χ4n) is 3.50. The number of aromatic nitrogens is 2. The lowest BCUT2D eigenvalue weighted by molar-refractivity contribution is -0.120. The highest BCUT2D eigenvalue weighted by Crippen LogP contribution is 2.31. The highest BCUT2D eigenvalue weighted by molar-refractivity contribution is 5.90. The molecule has 0 radical (unpaired) electrons. The number of hydrogen-bond donors (Lipinski definition) is 2. The lowest BCUT2D eigenvalue weighted by Gasteiger charge is -2.12. The van der Waals surface area contributed by atoms with Gasteiger partial charge in [-0.05, 0) is 42.5 Å². The third-order valence-corrected chi connectivity index (χ3v) is 4.63. The van der Waals surface area contributed by atoms with Gasteiger partial charge >= 0.3 is 0 Å². The summed E-state index contributed by atoms with van der Waals surface area (Å²) in [6.07, 6.45) is 1.71. The van der Waals surface area contributed by atoms with Gasteiger partial charge in [0.2, 0.25) is 5.91 Å². The normalized spacial score (nSPS) is 17.6. The first-order valence-electron chi connectivity index (χ1n) is 8.01. The number of hydrogen-bond acceptors (Lipinski definition) is 2. The van der Waals surface area contributed by atoms with Crippen LogP contribution in [-0.4, -0.2) is 22.6 Å². The first-order chi connectivity index (χ1) is 11.2. The van der Waals surface area contributed by atoms with Crippen molar-refractivity contribution < 1.29 is 4.79 Å². The van der Waals surface area contributed by atoms with Crippen molar-refractivity contribution in [3.63, 3.8) is 0 Å². The number of fused-ring (bicyclic) bond motifs is 1. The fourth-order valence-corrected chi connectivity index (χ4v) is 3.50. The van der Waals surface area contributed by atoms with E-state index in [0.717, 1.165) is 36.2 Å². The van der Waals surface area contributed by atoms with E-state index >= 15 is 0 Å². The van der Waals surface area contributed by atoms with Gasteiger partial charge in [-0.3, -0.25) is 9.89 Å². The monoisotopic (exact) mass is 305 g/mol. The summed E-state index contributed by atoms with van der Waals surface area (Å²) in [7, 11) is 0. The van der Waals surface area contributed by atoms with E-state index in [2.05, 4.69) is 51.9 Å². The maximum Gasteiger partial charge on any atom is 0.227 e. The van der Waals surface area contributed by atoms with Crippen LogP contribution in [0.5, 0.6) is 0 Å². The summed E-state index contributed by atoms with van der Waals surface area (Å²) in [6.45, 7) is 2.81. The van der Waals surface area contributed by atoms with Crippen molar-refractivity contribution >= 4 is 16.8 Å². The van der Waals surface area contributed by atoms with Gasteiger partial charge in [0.05, 0.1) is 11.4 Å². The summed E-state index contributed by atoms with van der Waals surface area (Å²) in [4.78, 5) is 12.0. The van der Waals surface area contributed by atoms with Crippen molar-refractivity contribution in [3.8, 4) is 0 Å². The van der Waals surface area contributed by atoms with E-state index in [-0.39, 0.29) is 11.8 Å². The topological polar surface area (TPSA) is 57.8 Å². The van der Waals surface area contributed by atoms with Crippen LogP contribution in [0.25, 0.3) is 10.9 Å². The smallest absolute Gasteiger partial charge is 0.227 e. The molecule has 1 unspecified atom stereocenters. The van der Waals surface area contributed by atoms with Crippen molar-refractivity contribution in [2.45, 2.75) is 25.7 Å². The highest BCUT2D eigenvalue weighted by atomic mass is 16.2. The Morgan fingerprint density at radius 3 is 2.78 bits per heavy atom. The molecule has 1 amide bonds. The standard InChI is InChI=1S/C19H19N3O/c1-12-18-15(9-13-5-3-2-4-6-13)10-14(11-17(18)22-21-12)16-7-8-20-19(16)23/h2-6,10-11,16H,7-9H2,1H3,(H,20,23)(H,21,22). The van der Waals surface area contributed by atoms with Crippen molar-refractivity contribution in [2.24, 2.45) is 0 Å². The molecule has 1 saturated heterocycles. The minimum absolute atomic E-state index is 0.0501. The zero-order chi connectivity index (χ0) is 15.8. The molecule has 1 aliphatic heterocycles. The van der Waals surface area contributed by atoms with Crippen molar-refractivity contribution in [1.29, 1.82) is 0 Å². The quantitative estimate of drug-likeness (QED) is 0.781. The van der Waals surface area contributed by atoms with Crippen LogP contribution in [0.1, 0.15) is 34.7 Å². The molecule has 1 atom stereocenters. The van der Waals surface area contributed by atoms with Gasteiger partial charge in [-0.1, -0.05) is 36.4 Å². The molecule has 0 saturated carbocycles. The number of carbonyl (C=O) groups excluding carboxylic acids is 1. The lowest BCUT2D eigenvalue weighted by Crippen LogP contribution is -2.18. The Bertz CT molecular complexity index is 867. The Balaban J connectivity index is 1.83. The van der Waals surface area contributed by atoms with Crippen LogP contribution in [-0.2, 0) is 11.2 Å². The molecule has 1 aromatic heterocycles. The number of aryl methyl sites for hydroxylation is 1. The molecule has 0 bridgehead atoms. The van der Waals surface area contributed by atoms with Gasteiger partial charge in [0, 0.05) is 17.6 Å². The number of aromatic amines is 1. The first-order valence-corrected chi connectivity index (χ1v) is 8.01. The zero-order valence-corrected chi connectivity index (χ0v) is 13.1. The maximum absolute atomic E-state index is 12.0. The van der Waals surface area contributed by atoms with Gasteiger partial charge in [-0.15, -0.1) is 0 Å². The predicted octanol–water partition coefficient (Wildman–Crippen LogP) is 3.07. The van der Waals surface area contributed by atoms with Gasteiger partial charge in [0.15, 0.2) is 0 Å². The molecule has 3 aromatic rings. The SMILES string of the molecule is Cc1[nH]nc2cc(C3CCNC3=O)cc(Cc3ccccc3)c12. The molecule has 2 aromatic carbocycles. The van der Waals surface area contributed by atoms with Crippen LogP contribution in [0, 0.1) is 6.92 Å². The van der Waals surface area contributed by atoms with Crippen LogP contribution in [0.2, 0.25) is 0 Å². The number of amides is 1. The lowest BCUT2D eigenvalue weighted by atomic mass is 9.91. The number of H-pyrrole nitrogens is 1. The molecule has 116 valence electrons. The van der Waals surface area contributed by atoms with Gasteiger partial charge in [0.1, 0.15) is 0 Å². The van der Waals surface area contributed by atoms with Gasteiger partial charge in [0.25, 0.3) is 0 Å². The Hall–Kier alpha value is -2.62. The van der Waals surface area contributed by atoms with Crippen molar-refractivity contribution in [2.75, 3.05) is 6.54 Å². The zero-order valence-electron chi connectivity index (χ0n) is 13.1. The number of nitrogens with zero attached hydrogens (tertiary/aromatic N) is 1. The Morgan fingerprint density at radius 2 is 2.04 bits per heavy atom. The van der Waals surface area contributed by atoms with E-state index in [1.807, 2.05) is 13.0 Å². The maximum atomic E-state index is 12.0. The summed E-state index contributed by atoms with van der Waals surface area (Å²) < 4.78 is 0. The summed E-state index contributed by atoms with van der Waals surface area (Å²) in [5.74, 6) is 0.0770. The first kappa shape index (κ1) is 14.0. The van der Waals surface area contributed by atoms with E-state index in [9.17, 15) is 4.79 Å². The molecule has 23 heavy (non-hydrogen) atoms. The molecular formula is C19H19N3O. The summed E-state index contributed by atoms with van der Waals surface area (Å²) in [5.41, 5.74) is 5.60. The Kier molecular flexibility index (Phi) is 3.37. The van der Waals surface area contributed by atoms with Crippen LogP contribution in [0.4, 0.5) is 0 Å². The number of benzene rings is 2. The summed E-state index contributed by atoms with van der Waals surface area (Å²) in [5, 5.41) is 11.6. The van der Waals surface area contributed by atoms with Crippen molar-refractivity contribution in [1.82, 2.24) is 15.5 Å². The predicted molar refractivity (Wildman–Crippen MR) is 90.4 cm³/mol. The van der Waals surface area contributed by atoms with Crippen LogP contribution in [0.15, 0.2) is 42.5 Å². The number of nitrogens with one attached hydrogen (secondary N) is 2. The molecule has 2 N–H and O–H groups in total. The van der Waals surface area contributed by atoms with E-state index < -0.39 is 0 Å². The molecular weight excluding hydrogens is 286 g/mol. The second-order valence-corrected chi connectivity index (χ2v) is 6.22. The Labute approximate surface area is 134 Å². The average molecular weight is 305 g/mol. The summed E-state index contributed by atoms with van der Waals surface area (Å²) in [6, 6.07) is 14.7. The van der Waals surface area contributed by atoms with E-state index in [0.29, 0.717) is 0 Å². The molecule has 4 heteroatoms. The molecule has 0 spiro atoms. The highest BCUT2D eigenvalue weighted by Gasteiger charge is 2.27. The molecule has 4 rings (SSSR count). The molecule has 0 aliphatic carbocycles. The van der Waals surface area contributed by atoms with Gasteiger partial charge in [-0.2, -0.15) is 5.10 Å².